The molecule has 0 aromatic rings. The maximum atomic E-state index is 2.43. The molecule has 60 valence electrons. The van der Waals surface area contributed by atoms with E-state index in [1.165, 1.54) is 12.0 Å². The van der Waals surface area contributed by atoms with Crippen LogP contribution in [0.15, 0.2) is 23.3 Å². The zero-order valence-electron chi connectivity index (χ0n) is 7.86. The molecule has 1 fully saturated rings. The fraction of sp³-hybridized carbons (Fsp3) is 0.636. The van der Waals surface area contributed by atoms with E-state index in [9.17, 15) is 0 Å². The second-order valence-corrected chi connectivity index (χ2v) is 4.64. The van der Waals surface area contributed by atoms with Crippen molar-refractivity contribution in [3.05, 3.63) is 23.3 Å². The van der Waals surface area contributed by atoms with Gasteiger partial charge in [0.1, 0.15) is 0 Å². The summed E-state index contributed by atoms with van der Waals surface area (Å²) in [6.07, 6.45) is 6.11. The smallest absolute Gasteiger partial charge is 0.00187 e. The van der Waals surface area contributed by atoms with E-state index in [4.69, 9.17) is 0 Å². The zero-order chi connectivity index (χ0) is 8.28. The van der Waals surface area contributed by atoms with Crippen LogP contribution in [-0.2, 0) is 0 Å². The third-order valence-electron chi connectivity index (χ3n) is 3.72. The van der Waals surface area contributed by atoms with Gasteiger partial charge in [-0.1, -0.05) is 37.1 Å². The van der Waals surface area contributed by atoms with Gasteiger partial charge in [0, 0.05) is 0 Å². The van der Waals surface area contributed by atoms with Crippen LogP contribution in [0.25, 0.3) is 0 Å². The third kappa shape index (κ3) is 0.702. The highest BCUT2D eigenvalue weighted by atomic mass is 14.6. The lowest BCUT2D eigenvalue weighted by molar-refractivity contribution is 0.518. The molecule has 0 spiro atoms. The summed E-state index contributed by atoms with van der Waals surface area (Å²) in [5, 5.41) is 0. The molecule has 0 nitrogen and oxygen atoms in total. The summed E-state index contributed by atoms with van der Waals surface area (Å²) < 4.78 is 0. The van der Waals surface area contributed by atoms with Crippen molar-refractivity contribution in [2.45, 2.75) is 34.1 Å². The van der Waals surface area contributed by atoms with Gasteiger partial charge in [0.2, 0.25) is 0 Å². The first kappa shape index (κ1) is 7.15. The summed E-state index contributed by atoms with van der Waals surface area (Å²) in [5.74, 6) is 0. The topological polar surface area (TPSA) is 0 Å². The van der Waals surface area contributed by atoms with Crippen molar-refractivity contribution in [3.8, 4) is 0 Å². The highest BCUT2D eigenvalue weighted by molar-refractivity contribution is 5.43. The Morgan fingerprint density at radius 1 is 1.27 bits per heavy atom. The average Bonchev–Trinajstić information content (AvgIpc) is 2.34. The number of rotatable bonds is 0. The van der Waals surface area contributed by atoms with E-state index in [1.54, 1.807) is 5.57 Å². The number of hydrogen-bond acceptors (Lipinski definition) is 0. The lowest BCUT2D eigenvalue weighted by atomic mass is 9.83. The van der Waals surface area contributed by atoms with Crippen LogP contribution in [0.2, 0.25) is 0 Å². The molecule has 0 amide bonds. The van der Waals surface area contributed by atoms with E-state index in [0.717, 1.165) is 0 Å². The van der Waals surface area contributed by atoms with Gasteiger partial charge in [-0.25, -0.2) is 0 Å². The van der Waals surface area contributed by atoms with E-state index in [-0.39, 0.29) is 0 Å². The van der Waals surface area contributed by atoms with E-state index in [0.29, 0.717) is 10.8 Å². The molecule has 0 aromatic carbocycles. The average molecular weight is 148 g/mol. The first-order chi connectivity index (χ1) is 4.98. The SMILES string of the molecule is CC1=CC2(C)CC2(C)C(C)=C1. The first-order valence-electron chi connectivity index (χ1n) is 4.36. The van der Waals surface area contributed by atoms with Crippen LogP contribution >= 0.6 is 0 Å². The van der Waals surface area contributed by atoms with E-state index < -0.39 is 0 Å². The Morgan fingerprint density at radius 2 is 1.91 bits per heavy atom. The van der Waals surface area contributed by atoms with Crippen molar-refractivity contribution >= 4 is 0 Å². The quantitative estimate of drug-likeness (QED) is 0.494. The lowest BCUT2D eigenvalue weighted by Crippen LogP contribution is -2.10. The maximum Gasteiger partial charge on any atom is -0.00187 e. The van der Waals surface area contributed by atoms with Crippen LogP contribution in [0.1, 0.15) is 34.1 Å². The van der Waals surface area contributed by atoms with Gasteiger partial charge >= 0.3 is 0 Å². The highest BCUT2D eigenvalue weighted by Gasteiger charge is 2.61. The molecule has 2 unspecified atom stereocenters. The molecule has 2 rings (SSSR count). The van der Waals surface area contributed by atoms with Crippen molar-refractivity contribution in [2.24, 2.45) is 10.8 Å². The highest BCUT2D eigenvalue weighted by Crippen LogP contribution is 2.70. The van der Waals surface area contributed by atoms with Crippen molar-refractivity contribution in [1.29, 1.82) is 0 Å². The van der Waals surface area contributed by atoms with Crippen LogP contribution in [0.5, 0.6) is 0 Å². The van der Waals surface area contributed by atoms with Crippen molar-refractivity contribution in [1.82, 2.24) is 0 Å². The molecule has 0 aliphatic heterocycles. The van der Waals surface area contributed by atoms with Gasteiger partial charge in [0.15, 0.2) is 0 Å². The summed E-state index contributed by atoms with van der Waals surface area (Å²) in [7, 11) is 0. The second kappa shape index (κ2) is 1.63. The van der Waals surface area contributed by atoms with Crippen LogP contribution in [-0.4, -0.2) is 0 Å². The number of fused-ring (bicyclic) bond motifs is 1. The van der Waals surface area contributed by atoms with Gasteiger partial charge < -0.3 is 0 Å². The van der Waals surface area contributed by atoms with E-state index >= 15 is 0 Å². The molecule has 1 saturated carbocycles. The standard InChI is InChI=1S/C11H16/c1-8-5-9(2)11(4)7-10(11,3)6-8/h5-6H,7H2,1-4H3. The summed E-state index contributed by atoms with van der Waals surface area (Å²) >= 11 is 0. The molecule has 0 heterocycles. The Bertz CT molecular complexity index is 270. The van der Waals surface area contributed by atoms with Gasteiger partial charge in [0.05, 0.1) is 0 Å². The Hall–Kier alpha value is -0.520. The van der Waals surface area contributed by atoms with Gasteiger partial charge in [-0.2, -0.15) is 0 Å². The Morgan fingerprint density at radius 3 is 2.45 bits per heavy atom. The molecule has 2 aliphatic rings. The Labute approximate surface area is 69.0 Å². The van der Waals surface area contributed by atoms with Crippen molar-refractivity contribution in [2.75, 3.05) is 0 Å². The monoisotopic (exact) mass is 148 g/mol. The summed E-state index contributed by atoms with van der Waals surface area (Å²) in [5.41, 5.74) is 4.02. The fourth-order valence-electron chi connectivity index (χ4n) is 2.54. The predicted molar refractivity (Wildman–Crippen MR) is 48.3 cm³/mol. The molecular weight excluding hydrogens is 132 g/mol. The molecule has 2 atom stereocenters. The minimum Gasteiger partial charge on any atom is -0.0747 e. The van der Waals surface area contributed by atoms with Crippen LogP contribution in [0.4, 0.5) is 0 Å². The van der Waals surface area contributed by atoms with Crippen molar-refractivity contribution in [3.63, 3.8) is 0 Å². The third-order valence-corrected chi connectivity index (χ3v) is 3.72. The molecule has 0 aromatic heterocycles. The van der Waals surface area contributed by atoms with Gasteiger partial charge in [0.25, 0.3) is 0 Å². The van der Waals surface area contributed by atoms with Gasteiger partial charge in [-0.05, 0) is 31.1 Å². The first-order valence-corrected chi connectivity index (χ1v) is 4.36. The number of hydrogen-bond donors (Lipinski definition) is 0. The van der Waals surface area contributed by atoms with Gasteiger partial charge in [-0.15, -0.1) is 0 Å². The van der Waals surface area contributed by atoms with Gasteiger partial charge in [-0.3, -0.25) is 0 Å². The van der Waals surface area contributed by atoms with E-state index in [2.05, 4.69) is 39.8 Å². The molecule has 2 aliphatic carbocycles. The normalized spacial score (nSPS) is 47.6. The van der Waals surface area contributed by atoms with Crippen LogP contribution in [0, 0.1) is 10.8 Å². The minimum atomic E-state index is 0.496. The lowest BCUT2D eigenvalue weighted by Gasteiger charge is -2.21. The van der Waals surface area contributed by atoms with Crippen molar-refractivity contribution < 1.29 is 0 Å². The minimum absolute atomic E-state index is 0.496. The Kier molecular flexibility index (Phi) is 1.06. The number of allylic oxidation sites excluding steroid dienone is 4. The fourth-order valence-corrected chi connectivity index (χ4v) is 2.54. The molecule has 11 heavy (non-hydrogen) atoms. The largest absolute Gasteiger partial charge is 0.0747 e. The molecule has 0 radical (unpaired) electrons. The molecule has 0 N–H and O–H groups in total. The van der Waals surface area contributed by atoms with Crippen LogP contribution < -0.4 is 0 Å². The maximum absolute atomic E-state index is 2.43. The summed E-state index contributed by atoms with van der Waals surface area (Å²) in [4.78, 5) is 0. The summed E-state index contributed by atoms with van der Waals surface area (Å²) in [6.45, 7) is 9.21. The Balaban J connectivity index is 2.47. The second-order valence-electron chi connectivity index (χ2n) is 4.64. The summed E-state index contributed by atoms with van der Waals surface area (Å²) in [6, 6.07) is 0. The molecule has 0 bridgehead atoms. The zero-order valence-corrected chi connectivity index (χ0v) is 7.86. The molecule has 0 heteroatoms. The molecule has 0 saturated heterocycles. The predicted octanol–water partition coefficient (Wildman–Crippen LogP) is 3.31. The van der Waals surface area contributed by atoms with E-state index in [1.807, 2.05) is 0 Å². The van der Waals surface area contributed by atoms with Crippen LogP contribution in [0.3, 0.4) is 0 Å². The molecular formula is C11H16.